The van der Waals surface area contributed by atoms with Crippen LogP contribution in [-0.2, 0) is 13.0 Å². The van der Waals surface area contributed by atoms with E-state index < -0.39 is 0 Å². The topological polar surface area (TPSA) is 72.9 Å². The normalized spacial score (nSPS) is 11.7. The maximum atomic E-state index is 15.0. The van der Waals surface area contributed by atoms with Crippen LogP contribution in [0.3, 0.4) is 0 Å². The fourth-order valence-electron chi connectivity index (χ4n) is 4.35. The number of aromatic amines is 1. The van der Waals surface area contributed by atoms with Crippen LogP contribution in [0.4, 0.5) is 4.39 Å². The lowest BCUT2D eigenvalue weighted by Gasteiger charge is -2.12. The molecule has 5 aromatic rings. The summed E-state index contributed by atoms with van der Waals surface area (Å²) in [5.74, 6) is 8.00. The number of H-pyrrole nitrogens is 1. The van der Waals surface area contributed by atoms with Crippen LogP contribution in [-0.4, -0.2) is 27.7 Å². The first kappa shape index (κ1) is 24.5. The minimum atomic E-state index is -0.240. The van der Waals surface area contributed by atoms with Gasteiger partial charge in [-0.3, -0.25) is 0 Å². The Kier molecular flexibility index (Phi) is 7.15. The van der Waals surface area contributed by atoms with Gasteiger partial charge in [-0.1, -0.05) is 29.3 Å². The van der Waals surface area contributed by atoms with Crippen molar-refractivity contribution in [2.45, 2.75) is 32.8 Å². The fourth-order valence-corrected chi connectivity index (χ4v) is 5.31. The number of thiophene rings is 1. The van der Waals surface area contributed by atoms with Gasteiger partial charge in [0.05, 0.1) is 17.7 Å². The van der Waals surface area contributed by atoms with Crippen LogP contribution >= 0.6 is 11.3 Å². The SMILES string of the molecule is CC#CC(Cc1nn[nH]n1)c1ccc(OCc2cc(F)c3scc(-c4ccc(OC)cc4C)c3c2)cc1. The molecule has 186 valence electrons. The van der Waals surface area contributed by atoms with Gasteiger partial charge in [-0.15, -0.1) is 27.5 Å². The first-order chi connectivity index (χ1) is 18.1. The molecule has 1 N–H and O–H groups in total. The lowest BCUT2D eigenvalue weighted by molar-refractivity contribution is 0.305. The summed E-state index contributed by atoms with van der Waals surface area (Å²) in [4.78, 5) is 0. The molecule has 2 heterocycles. The molecule has 6 nitrogen and oxygen atoms in total. The Labute approximate surface area is 218 Å². The maximum absolute atomic E-state index is 15.0. The highest BCUT2D eigenvalue weighted by atomic mass is 32.1. The molecular formula is C29H25FN4O2S. The van der Waals surface area contributed by atoms with Crippen LogP contribution in [0.5, 0.6) is 11.5 Å². The van der Waals surface area contributed by atoms with Crippen LogP contribution < -0.4 is 9.47 Å². The van der Waals surface area contributed by atoms with Crippen molar-refractivity contribution in [2.24, 2.45) is 0 Å². The van der Waals surface area contributed by atoms with Gasteiger partial charge < -0.3 is 9.47 Å². The number of aromatic nitrogens is 4. The zero-order valence-electron chi connectivity index (χ0n) is 20.7. The Morgan fingerprint density at radius 3 is 2.57 bits per heavy atom. The highest BCUT2D eigenvalue weighted by Gasteiger charge is 2.15. The summed E-state index contributed by atoms with van der Waals surface area (Å²) in [5.41, 5.74) is 4.95. The Bertz CT molecular complexity index is 1580. The van der Waals surface area contributed by atoms with E-state index >= 15 is 0 Å². The third-order valence-electron chi connectivity index (χ3n) is 6.19. The third kappa shape index (κ3) is 5.32. The van der Waals surface area contributed by atoms with Crippen molar-refractivity contribution >= 4 is 21.4 Å². The number of tetrazole rings is 1. The molecule has 0 saturated carbocycles. The number of aryl methyl sites for hydroxylation is 1. The predicted octanol–water partition coefficient (Wildman–Crippen LogP) is 6.47. The number of rotatable bonds is 8. The van der Waals surface area contributed by atoms with Crippen LogP contribution in [0.2, 0.25) is 0 Å². The fraction of sp³-hybridized carbons (Fsp3) is 0.207. The van der Waals surface area contributed by atoms with Gasteiger partial charge in [-0.05, 0) is 77.9 Å². The third-order valence-corrected chi connectivity index (χ3v) is 7.20. The van der Waals surface area contributed by atoms with Gasteiger partial charge in [-0.2, -0.15) is 5.21 Å². The van der Waals surface area contributed by atoms with Gasteiger partial charge in [0.2, 0.25) is 0 Å². The maximum Gasteiger partial charge on any atom is 0.176 e. The van der Waals surface area contributed by atoms with E-state index in [1.165, 1.54) is 11.3 Å². The average molecular weight is 513 g/mol. The lowest BCUT2D eigenvalue weighted by atomic mass is 9.96. The molecule has 0 amide bonds. The number of nitrogens with zero attached hydrogens (tertiary/aromatic N) is 3. The first-order valence-corrected chi connectivity index (χ1v) is 12.7. The number of methoxy groups -OCH3 is 1. The summed E-state index contributed by atoms with van der Waals surface area (Å²) >= 11 is 1.41. The van der Waals surface area contributed by atoms with Crippen LogP contribution in [0.25, 0.3) is 21.2 Å². The molecule has 0 aliphatic carbocycles. The van der Waals surface area contributed by atoms with Gasteiger partial charge in [0, 0.05) is 17.4 Å². The van der Waals surface area contributed by atoms with Crippen molar-refractivity contribution in [3.05, 3.63) is 88.3 Å². The number of benzene rings is 3. The molecule has 1 unspecified atom stereocenters. The minimum Gasteiger partial charge on any atom is -0.497 e. The van der Waals surface area contributed by atoms with Crippen LogP contribution in [0.15, 0.2) is 60.0 Å². The van der Waals surface area contributed by atoms with Crippen molar-refractivity contribution in [1.82, 2.24) is 20.6 Å². The number of ether oxygens (including phenoxy) is 2. The van der Waals surface area contributed by atoms with Crippen molar-refractivity contribution < 1.29 is 13.9 Å². The molecule has 37 heavy (non-hydrogen) atoms. The summed E-state index contributed by atoms with van der Waals surface area (Å²) < 4.78 is 27.0. The number of hydrogen-bond donors (Lipinski definition) is 1. The Morgan fingerprint density at radius 2 is 1.86 bits per heavy atom. The van der Waals surface area contributed by atoms with Gasteiger partial charge in [0.15, 0.2) is 5.82 Å². The van der Waals surface area contributed by atoms with E-state index in [0.29, 0.717) is 22.7 Å². The highest BCUT2D eigenvalue weighted by Crippen LogP contribution is 2.38. The van der Waals surface area contributed by atoms with E-state index in [9.17, 15) is 4.39 Å². The molecule has 2 aromatic heterocycles. The molecule has 0 bridgehead atoms. The molecule has 0 spiro atoms. The minimum absolute atomic E-state index is 0.0495. The van der Waals surface area contributed by atoms with Crippen molar-refractivity contribution in [1.29, 1.82) is 0 Å². The van der Waals surface area contributed by atoms with Gasteiger partial charge in [-0.25, -0.2) is 4.39 Å². The largest absolute Gasteiger partial charge is 0.497 e. The van der Waals surface area contributed by atoms with E-state index in [2.05, 4.69) is 32.5 Å². The second-order valence-corrected chi connectivity index (χ2v) is 9.50. The molecule has 0 saturated heterocycles. The average Bonchev–Trinajstić information content (AvgIpc) is 3.58. The molecule has 0 radical (unpaired) electrons. The van der Waals surface area contributed by atoms with Gasteiger partial charge in [0.25, 0.3) is 0 Å². The molecule has 0 aliphatic rings. The molecule has 8 heteroatoms. The quantitative estimate of drug-likeness (QED) is 0.241. The van der Waals surface area contributed by atoms with Crippen molar-refractivity contribution in [3.8, 4) is 34.5 Å². The molecule has 5 rings (SSSR count). The number of hydrogen-bond acceptors (Lipinski definition) is 6. The van der Waals surface area contributed by atoms with E-state index in [0.717, 1.165) is 39.0 Å². The summed E-state index contributed by atoms with van der Waals surface area (Å²) in [7, 11) is 1.65. The van der Waals surface area contributed by atoms with E-state index in [1.807, 2.05) is 67.8 Å². The summed E-state index contributed by atoms with van der Waals surface area (Å²) in [6.07, 6.45) is 0.563. The monoisotopic (exact) mass is 512 g/mol. The number of fused-ring (bicyclic) bond motifs is 1. The molecular weight excluding hydrogens is 487 g/mol. The second kappa shape index (κ2) is 10.8. The van der Waals surface area contributed by atoms with Crippen LogP contribution in [0, 0.1) is 24.6 Å². The van der Waals surface area contributed by atoms with Gasteiger partial charge in [0.1, 0.15) is 23.9 Å². The Hall–Kier alpha value is -4.22. The van der Waals surface area contributed by atoms with Crippen molar-refractivity contribution in [2.75, 3.05) is 7.11 Å². The molecule has 3 aromatic carbocycles. The van der Waals surface area contributed by atoms with E-state index in [4.69, 9.17) is 9.47 Å². The van der Waals surface area contributed by atoms with Crippen molar-refractivity contribution in [3.63, 3.8) is 0 Å². The lowest BCUT2D eigenvalue weighted by Crippen LogP contribution is -2.03. The molecule has 0 fully saturated rings. The number of halogens is 1. The Balaban J connectivity index is 1.34. The van der Waals surface area contributed by atoms with E-state index in [1.54, 1.807) is 13.2 Å². The zero-order valence-corrected chi connectivity index (χ0v) is 21.5. The molecule has 1 atom stereocenters. The van der Waals surface area contributed by atoms with Crippen LogP contribution in [0.1, 0.15) is 35.4 Å². The standard InChI is InChI=1S/C29H25FN4O2S/c1-4-5-21(15-28-31-33-34-32-28)20-6-8-22(9-7-20)36-16-19-13-25-26(17-37-29(25)27(30)14-19)24-11-10-23(35-3)12-18(24)2/h6-14,17,21H,15-16H2,1-3H3,(H,31,32,33,34). The van der Waals surface area contributed by atoms with Gasteiger partial charge >= 0.3 is 0 Å². The highest BCUT2D eigenvalue weighted by molar-refractivity contribution is 7.17. The summed E-state index contributed by atoms with van der Waals surface area (Å²) in [6.45, 7) is 4.10. The second-order valence-electron chi connectivity index (χ2n) is 8.62. The summed E-state index contributed by atoms with van der Waals surface area (Å²) in [6, 6.07) is 17.3. The smallest absolute Gasteiger partial charge is 0.176 e. The number of nitrogens with one attached hydrogen (secondary N) is 1. The Morgan fingerprint density at radius 1 is 1.05 bits per heavy atom. The zero-order chi connectivity index (χ0) is 25.8. The predicted molar refractivity (Wildman–Crippen MR) is 143 cm³/mol. The summed E-state index contributed by atoms with van der Waals surface area (Å²) in [5, 5.41) is 17.0. The molecule has 0 aliphatic heterocycles. The first-order valence-electron chi connectivity index (χ1n) is 11.8. The van der Waals surface area contributed by atoms with E-state index in [-0.39, 0.29) is 18.3 Å².